The molecule has 0 unspecified atom stereocenters. The lowest BCUT2D eigenvalue weighted by molar-refractivity contribution is -0.144. The number of morpholine rings is 1. The van der Waals surface area contributed by atoms with Gasteiger partial charge in [0, 0.05) is 37.2 Å². The van der Waals surface area contributed by atoms with E-state index in [1.54, 1.807) is 7.11 Å². The molecule has 0 saturated carbocycles. The van der Waals surface area contributed by atoms with Crippen LogP contribution in [0.2, 0.25) is 0 Å². The minimum Gasteiger partial charge on any atom is -0.496 e. The van der Waals surface area contributed by atoms with Crippen LogP contribution in [0, 0.1) is 6.92 Å². The minimum atomic E-state index is -0.478. The molecule has 34 heavy (non-hydrogen) atoms. The zero-order valence-electron chi connectivity index (χ0n) is 19.9. The van der Waals surface area contributed by atoms with Crippen molar-refractivity contribution in [3.63, 3.8) is 0 Å². The number of carbonyl (C=O) groups excluding carboxylic acids is 2. The van der Waals surface area contributed by atoms with Crippen LogP contribution in [0.1, 0.15) is 46.8 Å². The summed E-state index contributed by atoms with van der Waals surface area (Å²) in [4.78, 5) is 26.7. The van der Waals surface area contributed by atoms with Gasteiger partial charge in [-0.3, -0.25) is 9.69 Å². The minimum absolute atomic E-state index is 0.146. The van der Waals surface area contributed by atoms with E-state index >= 15 is 0 Å². The van der Waals surface area contributed by atoms with Crippen LogP contribution in [0.15, 0.2) is 11.6 Å². The Bertz CT molecular complexity index is 971. The largest absolute Gasteiger partial charge is 0.496 e. The van der Waals surface area contributed by atoms with Gasteiger partial charge in [0.1, 0.15) is 24.5 Å². The highest BCUT2D eigenvalue weighted by atomic mass is 32.1. The van der Waals surface area contributed by atoms with Gasteiger partial charge < -0.3 is 29.4 Å². The van der Waals surface area contributed by atoms with Crippen molar-refractivity contribution in [3.05, 3.63) is 33.9 Å². The average Bonchev–Trinajstić information content (AvgIpc) is 3.20. The number of benzene rings is 1. The standard InChI is InChI=1S/C24H32N2O7S/c1-15(5-7-19(27)31-13-10-26-8-11-30-12-9-26)4-6-17-21(29-3)16(2)18-14-32-23(28)20(18)22(17)33-24(25)34/h4H,5-14H2,1-3H3,(H2,25,34). The van der Waals surface area contributed by atoms with E-state index in [0.29, 0.717) is 41.9 Å². The Morgan fingerprint density at radius 1 is 1.24 bits per heavy atom. The predicted molar refractivity (Wildman–Crippen MR) is 129 cm³/mol. The average molecular weight is 493 g/mol. The maximum absolute atomic E-state index is 12.4. The molecule has 9 nitrogen and oxygen atoms in total. The lowest BCUT2D eigenvalue weighted by Gasteiger charge is -2.26. The van der Waals surface area contributed by atoms with E-state index in [2.05, 4.69) is 4.90 Å². The van der Waals surface area contributed by atoms with Crippen molar-refractivity contribution in [2.75, 3.05) is 46.6 Å². The molecule has 0 bridgehead atoms. The third kappa shape index (κ3) is 6.46. The van der Waals surface area contributed by atoms with E-state index in [0.717, 1.165) is 44.0 Å². The van der Waals surface area contributed by atoms with Gasteiger partial charge in [-0.05, 0) is 44.5 Å². The van der Waals surface area contributed by atoms with Crippen LogP contribution < -0.4 is 15.2 Å². The zero-order chi connectivity index (χ0) is 24.7. The first-order valence-electron chi connectivity index (χ1n) is 11.3. The number of rotatable bonds is 10. The summed E-state index contributed by atoms with van der Waals surface area (Å²) in [5, 5.41) is -0.199. The van der Waals surface area contributed by atoms with Crippen molar-refractivity contribution in [2.24, 2.45) is 5.73 Å². The van der Waals surface area contributed by atoms with Gasteiger partial charge in [-0.1, -0.05) is 11.6 Å². The van der Waals surface area contributed by atoms with Gasteiger partial charge in [-0.25, -0.2) is 4.79 Å². The van der Waals surface area contributed by atoms with Gasteiger partial charge in [0.25, 0.3) is 5.17 Å². The third-order valence-electron chi connectivity index (χ3n) is 5.98. The van der Waals surface area contributed by atoms with Gasteiger partial charge in [0.05, 0.1) is 20.3 Å². The molecule has 0 spiro atoms. The van der Waals surface area contributed by atoms with Crippen LogP contribution in [0.3, 0.4) is 0 Å². The SMILES string of the molecule is COc1c(C)c2c(c(OC(N)=S)c1CC=C(C)CCC(=O)OCCN1CCOCC1)C(=O)OC2. The number of hydrogen-bond acceptors (Lipinski definition) is 9. The molecule has 2 aliphatic heterocycles. The summed E-state index contributed by atoms with van der Waals surface area (Å²) in [7, 11) is 1.56. The number of ether oxygens (including phenoxy) is 5. The van der Waals surface area contributed by atoms with E-state index < -0.39 is 5.97 Å². The lowest BCUT2D eigenvalue weighted by atomic mass is 9.94. The second kappa shape index (κ2) is 12.1. The second-order valence-corrected chi connectivity index (χ2v) is 8.65. The lowest BCUT2D eigenvalue weighted by Crippen LogP contribution is -2.38. The number of esters is 2. The van der Waals surface area contributed by atoms with Crippen molar-refractivity contribution in [2.45, 2.75) is 39.7 Å². The number of cyclic esters (lactones) is 1. The Labute approximate surface area is 205 Å². The van der Waals surface area contributed by atoms with Crippen LogP contribution in [-0.2, 0) is 32.0 Å². The van der Waals surface area contributed by atoms with Crippen molar-refractivity contribution in [1.29, 1.82) is 0 Å². The number of thiocarbonyl (C=S) groups is 1. The molecular weight excluding hydrogens is 460 g/mol. The number of nitrogens with zero attached hydrogens (tertiary/aromatic N) is 1. The van der Waals surface area contributed by atoms with E-state index in [4.69, 9.17) is 41.6 Å². The monoisotopic (exact) mass is 492 g/mol. The molecule has 0 atom stereocenters. The Morgan fingerprint density at radius 3 is 2.65 bits per heavy atom. The Morgan fingerprint density at radius 2 is 1.97 bits per heavy atom. The second-order valence-electron chi connectivity index (χ2n) is 8.25. The molecule has 2 aliphatic rings. The molecule has 10 heteroatoms. The van der Waals surface area contributed by atoms with Crippen molar-refractivity contribution in [3.8, 4) is 11.5 Å². The summed E-state index contributed by atoms with van der Waals surface area (Å²) in [5.74, 6) is 0.148. The fourth-order valence-electron chi connectivity index (χ4n) is 4.09. The molecule has 0 aromatic heterocycles. The predicted octanol–water partition coefficient (Wildman–Crippen LogP) is 2.44. The van der Waals surface area contributed by atoms with Crippen LogP contribution in [0.25, 0.3) is 0 Å². The summed E-state index contributed by atoms with van der Waals surface area (Å²) in [5.41, 5.74) is 9.12. The topological polar surface area (TPSA) is 110 Å². The van der Waals surface area contributed by atoms with Crippen molar-refractivity contribution < 1.29 is 33.3 Å². The molecule has 0 aliphatic carbocycles. The highest BCUT2D eigenvalue weighted by Gasteiger charge is 2.33. The van der Waals surface area contributed by atoms with Crippen LogP contribution in [0.4, 0.5) is 0 Å². The molecule has 1 saturated heterocycles. The fraction of sp³-hybridized carbons (Fsp3) is 0.542. The summed E-state index contributed by atoms with van der Waals surface area (Å²) in [6.45, 7) is 8.22. The summed E-state index contributed by atoms with van der Waals surface area (Å²) in [6, 6.07) is 0. The highest BCUT2D eigenvalue weighted by Crippen LogP contribution is 2.42. The molecule has 2 heterocycles. The van der Waals surface area contributed by atoms with Crippen LogP contribution in [0.5, 0.6) is 11.5 Å². The smallest absolute Gasteiger partial charge is 0.342 e. The Hall–Kier alpha value is -2.69. The van der Waals surface area contributed by atoms with Crippen LogP contribution in [-0.4, -0.2) is 68.6 Å². The molecule has 1 fully saturated rings. The van der Waals surface area contributed by atoms with E-state index in [-0.39, 0.29) is 29.9 Å². The third-order valence-corrected chi connectivity index (χ3v) is 6.06. The quantitative estimate of drug-likeness (QED) is 0.297. The first-order chi connectivity index (χ1) is 16.3. The molecule has 1 aromatic carbocycles. The van der Waals surface area contributed by atoms with E-state index in [9.17, 15) is 9.59 Å². The molecule has 3 rings (SSSR count). The fourth-order valence-corrected chi connectivity index (χ4v) is 4.17. The zero-order valence-corrected chi connectivity index (χ0v) is 20.8. The number of hydrogen-bond donors (Lipinski definition) is 1. The maximum Gasteiger partial charge on any atom is 0.342 e. The molecule has 1 aromatic rings. The molecular formula is C24H32N2O7S. The first-order valence-corrected chi connectivity index (χ1v) is 11.7. The first kappa shape index (κ1) is 25.9. The summed E-state index contributed by atoms with van der Waals surface area (Å²) < 4.78 is 27.1. The molecule has 0 amide bonds. The van der Waals surface area contributed by atoms with Crippen molar-refractivity contribution in [1.82, 2.24) is 4.90 Å². The number of allylic oxidation sites excluding steroid dienone is 2. The summed E-state index contributed by atoms with van der Waals surface area (Å²) in [6.07, 6.45) is 3.21. The number of fused-ring (bicyclic) bond motifs is 1. The highest BCUT2D eigenvalue weighted by molar-refractivity contribution is 7.80. The van der Waals surface area contributed by atoms with E-state index in [1.807, 2.05) is 19.9 Å². The number of carbonyl (C=O) groups is 2. The Kier molecular flexibility index (Phi) is 9.26. The van der Waals surface area contributed by atoms with Gasteiger partial charge in [0.2, 0.25) is 0 Å². The Balaban J connectivity index is 1.63. The normalized spacial score (nSPS) is 16.1. The number of methoxy groups -OCH3 is 1. The van der Waals surface area contributed by atoms with Crippen molar-refractivity contribution >= 4 is 29.3 Å². The van der Waals surface area contributed by atoms with Gasteiger partial charge in [0.15, 0.2) is 5.75 Å². The van der Waals surface area contributed by atoms with Gasteiger partial charge >= 0.3 is 11.9 Å². The van der Waals surface area contributed by atoms with Gasteiger partial charge in [-0.2, -0.15) is 0 Å². The summed E-state index contributed by atoms with van der Waals surface area (Å²) >= 11 is 4.93. The van der Waals surface area contributed by atoms with E-state index in [1.165, 1.54) is 0 Å². The number of nitrogens with two attached hydrogens (primary N) is 1. The maximum atomic E-state index is 12.4. The van der Waals surface area contributed by atoms with Crippen LogP contribution >= 0.6 is 12.2 Å². The molecule has 2 N–H and O–H groups in total. The molecule has 0 radical (unpaired) electrons. The molecule has 186 valence electrons. The van der Waals surface area contributed by atoms with Gasteiger partial charge in [-0.15, -0.1) is 0 Å².